The van der Waals surface area contributed by atoms with E-state index in [4.69, 9.17) is 7.85 Å². The summed E-state index contributed by atoms with van der Waals surface area (Å²) in [5, 5.41) is 0. The molecule has 0 amide bonds. The maximum absolute atomic E-state index is 5.72. The molecule has 2 aromatic rings. The van der Waals surface area contributed by atoms with E-state index in [1.54, 1.807) is 0 Å². The summed E-state index contributed by atoms with van der Waals surface area (Å²) >= 11 is 0. The van der Waals surface area contributed by atoms with Gasteiger partial charge in [0.1, 0.15) is 7.85 Å². The third kappa shape index (κ3) is 2.46. The van der Waals surface area contributed by atoms with Gasteiger partial charge in [-0.2, -0.15) is 0 Å². The second-order valence-electron chi connectivity index (χ2n) is 4.79. The first kappa shape index (κ1) is 11.5. The quantitative estimate of drug-likeness (QED) is 0.731. The van der Waals surface area contributed by atoms with Gasteiger partial charge < -0.3 is 0 Å². The van der Waals surface area contributed by atoms with E-state index in [2.05, 4.69) is 46.3 Å². The van der Waals surface area contributed by atoms with Gasteiger partial charge in [0.25, 0.3) is 0 Å². The van der Waals surface area contributed by atoms with Crippen molar-refractivity contribution in [3.05, 3.63) is 59.3 Å². The molecule has 0 N–H and O–H groups in total. The Kier molecular flexibility index (Phi) is 3.16. The Hall–Kier alpha value is -1.61. The lowest BCUT2D eigenvalue weighted by Crippen LogP contribution is -2.31. The van der Waals surface area contributed by atoms with E-state index < -0.39 is 0 Å². The van der Waals surface area contributed by atoms with Crippen LogP contribution in [0.25, 0.3) is 0 Å². The molecular formula is C15H15BN2. The fraction of sp³-hybridized carbons (Fsp3) is 0.267. The van der Waals surface area contributed by atoms with Crippen molar-refractivity contribution in [2.45, 2.75) is 19.5 Å². The van der Waals surface area contributed by atoms with Gasteiger partial charge in [-0.25, -0.2) is 0 Å². The van der Waals surface area contributed by atoms with Crippen LogP contribution in [0.3, 0.4) is 0 Å². The molecule has 0 aliphatic carbocycles. The van der Waals surface area contributed by atoms with Crippen LogP contribution in [0, 0.1) is 0 Å². The van der Waals surface area contributed by atoms with Crippen LogP contribution in [0.4, 0.5) is 0 Å². The smallest absolute Gasteiger partial charge is 0.141 e. The molecule has 0 bridgehead atoms. The van der Waals surface area contributed by atoms with E-state index in [-0.39, 0.29) is 0 Å². The number of hydrogen-bond donors (Lipinski definition) is 0. The number of pyridine rings is 1. The second kappa shape index (κ2) is 4.95. The van der Waals surface area contributed by atoms with E-state index >= 15 is 0 Å². The van der Waals surface area contributed by atoms with E-state index in [0.29, 0.717) is 5.59 Å². The van der Waals surface area contributed by atoms with Gasteiger partial charge in [-0.15, -0.1) is 0 Å². The van der Waals surface area contributed by atoms with Gasteiger partial charge in [0, 0.05) is 31.7 Å². The highest BCUT2D eigenvalue weighted by Crippen LogP contribution is 2.17. The van der Waals surface area contributed by atoms with Crippen LogP contribution < -0.4 is 5.59 Å². The largest absolute Gasteiger partial charge is 0.294 e. The summed E-state index contributed by atoms with van der Waals surface area (Å²) in [6.07, 6.45) is 0.993. The van der Waals surface area contributed by atoms with Crippen LogP contribution in [0.1, 0.15) is 16.8 Å². The topological polar surface area (TPSA) is 16.1 Å². The first-order chi connectivity index (χ1) is 8.81. The van der Waals surface area contributed by atoms with Crippen LogP contribution >= 0.6 is 0 Å². The van der Waals surface area contributed by atoms with Crippen molar-refractivity contribution in [2.24, 2.45) is 0 Å². The minimum absolute atomic E-state index is 0.630. The number of rotatable bonds is 2. The normalized spacial score (nSPS) is 15.3. The summed E-state index contributed by atoms with van der Waals surface area (Å²) in [7, 11) is 5.72. The highest BCUT2D eigenvalue weighted by atomic mass is 15.1. The fourth-order valence-corrected chi connectivity index (χ4v) is 2.47. The van der Waals surface area contributed by atoms with Crippen LogP contribution in [0.15, 0.2) is 42.5 Å². The van der Waals surface area contributed by atoms with Gasteiger partial charge in [0.15, 0.2) is 0 Å². The van der Waals surface area contributed by atoms with Crippen LogP contribution in [0.2, 0.25) is 0 Å². The molecule has 0 spiro atoms. The van der Waals surface area contributed by atoms with Crippen molar-refractivity contribution in [3.63, 3.8) is 0 Å². The minimum atomic E-state index is 0.630. The average molecular weight is 234 g/mol. The van der Waals surface area contributed by atoms with E-state index in [9.17, 15) is 0 Å². The molecule has 0 fully saturated rings. The minimum Gasteiger partial charge on any atom is -0.294 e. The highest BCUT2D eigenvalue weighted by Gasteiger charge is 2.16. The van der Waals surface area contributed by atoms with Crippen LogP contribution in [-0.4, -0.2) is 24.3 Å². The lowest BCUT2D eigenvalue weighted by Gasteiger charge is -2.28. The predicted molar refractivity (Wildman–Crippen MR) is 73.9 cm³/mol. The Morgan fingerprint density at radius 2 is 1.94 bits per heavy atom. The average Bonchev–Trinajstić information content (AvgIpc) is 2.40. The molecule has 0 atom stereocenters. The molecule has 88 valence electrons. The Bertz CT molecular complexity index is 539. The Morgan fingerprint density at radius 1 is 1.11 bits per heavy atom. The summed E-state index contributed by atoms with van der Waals surface area (Å²) in [6.45, 7) is 3.03. The molecule has 2 heterocycles. The molecule has 0 unspecified atom stereocenters. The second-order valence-corrected chi connectivity index (χ2v) is 4.79. The zero-order chi connectivity index (χ0) is 12.4. The molecule has 0 saturated carbocycles. The third-order valence-corrected chi connectivity index (χ3v) is 3.40. The molecule has 2 radical (unpaired) electrons. The van der Waals surface area contributed by atoms with Crippen molar-refractivity contribution >= 4 is 13.4 Å². The van der Waals surface area contributed by atoms with Gasteiger partial charge in [0.2, 0.25) is 0 Å². The third-order valence-electron chi connectivity index (χ3n) is 3.40. The first-order valence-corrected chi connectivity index (χ1v) is 6.32. The molecule has 3 heteroatoms. The molecule has 1 aromatic carbocycles. The highest BCUT2D eigenvalue weighted by molar-refractivity contribution is 6.30. The lowest BCUT2D eigenvalue weighted by atomic mass is 9.98. The summed E-state index contributed by atoms with van der Waals surface area (Å²) in [4.78, 5) is 6.86. The van der Waals surface area contributed by atoms with Crippen molar-refractivity contribution < 1.29 is 0 Å². The number of aromatic nitrogens is 1. The number of nitrogens with zero attached hydrogens (tertiary/aromatic N) is 2. The summed E-state index contributed by atoms with van der Waals surface area (Å²) < 4.78 is 0. The molecule has 2 nitrogen and oxygen atoms in total. The van der Waals surface area contributed by atoms with Gasteiger partial charge in [0.05, 0.1) is 0 Å². The number of fused-ring (bicyclic) bond motifs is 1. The number of hydrogen-bond acceptors (Lipinski definition) is 2. The molecular weight excluding hydrogens is 219 g/mol. The predicted octanol–water partition coefficient (Wildman–Crippen LogP) is 1.43. The van der Waals surface area contributed by atoms with Crippen LogP contribution in [-0.2, 0) is 19.5 Å². The van der Waals surface area contributed by atoms with Crippen molar-refractivity contribution in [3.8, 4) is 0 Å². The number of benzene rings is 1. The van der Waals surface area contributed by atoms with Crippen LogP contribution in [0.5, 0.6) is 0 Å². The van der Waals surface area contributed by atoms with E-state index in [0.717, 1.165) is 26.1 Å². The maximum Gasteiger partial charge on any atom is 0.141 e. The van der Waals surface area contributed by atoms with Gasteiger partial charge in [-0.3, -0.25) is 9.88 Å². The zero-order valence-electron chi connectivity index (χ0n) is 10.3. The van der Waals surface area contributed by atoms with Crippen molar-refractivity contribution in [2.75, 3.05) is 6.54 Å². The molecule has 1 aromatic heterocycles. The molecule has 1 aliphatic heterocycles. The Balaban J connectivity index is 1.73. The maximum atomic E-state index is 5.72. The SMILES string of the molecule is [B]c1ccc2c(n1)CCN(Cc1ccccc1)C2. The Labute approximate surface area is 109 Å². The lowest BCUT2D eigenvalue weighted by molar-refractivity contribution is 0.243. The summed E-state index contributed by atoms with van der Waals surface area (Å²) in [6, 6.07) is 14.6. The van der Waals surface area contributed by atoms with E-state index in [1.165, 1.54) is 16.8 Å². The van der Waals surface area contributed by atoms with Crippen molar-refractivity contribution in [1.82, 2.24) is 9.88 Å². The van der Waals surface area contributed by atoms with Gasteiger partial charge in [-0.1, -0.05) is 42.5 Å². The van der Waals surface area contributed by atoms with Gasteiger partial charge in [-0.05, 0) is 16.7 Å². The fourth-order valence-electron chi connectivity index (χ4n) is 2.47. The molecule has 1 aliphatic rings. The molecule has 18 heavy (non-hydrogen) atoms. The van der Waals surface area contributed by atoms with E-state index in [1.807, 2.05) is 6.07 Å². The standard InChI is InChI=1S/C15H15BN2/c16-15-7-6-13-11-18(9-8-14(13)17-15)10-12-4-2-1-3-5-12/h1-7H,8-11H2. The first-order valence-electron chi connectivity index (χ1n) is 6.32. The zero-order valence-corrected chi connectivity index (χ0v) is 10.3. The van der Waals surface area contributed by atoms with Crippen molar-refractivity contribution in [1.29, 1.82) is 0 Å². The molecule has 3 rings (SSSR count). The monoisotopic (exact) mass is 234 g/mol. The Morgan fingerprint density at radius 3 is 2.78 bits per heavy atom. The molecule has 0 saturated heterocycles. The van der Waals surface area contributed by atoms with Gasteiger partial charge >= 0.3 is 0 Å². The summed E-state index contributed by atoms with van der Waals surface area (Å²) in [5.41, 5.74) is 4.47. The summed E-state index contributed by atoms with van der Waals surface area (Å²) in [5.74, 6) is 0.